The predicted octanol–water partition coefficient (Wildman–Crippen LogP) is 3.40. The lowest BCUT2D eigenvalue weighted by Crippen LogP contribution is -2.53. The zero-order valence-electron chi connectivity index (χ0n) is 21.2. The van der Waals surface area contributed by atoms with Crippen molar-refractivity contribution in [2.75, 3.05) is 10.2 Å². The van der Waals surface area contributed by atoms with Crippen LogP contribution in [0.5, 0.6) is 5.75 Å². The molecular formula is C30H23FN4O5. The maximum absolute atomic E-state index is 14.5. The molecule has 7 rings (SSSR count). The molecule has 2 fully saturated rings. The number of para-hydroxylation sites is 1. The summed E-state index contributed by atoms with van der Waals surface area (Å²) in [7, 11) is 0. The average molecular weight is 539 g/mol. The van der Waals surface area contributed by atoms with Crippen molar-refractivity contribution in [2.24, 2.45) is 11.8 Å². The number of hydrogen-bond donors (Lipinski definition) is 3. The Labute approximate surface area is 227 Å². The van der Waals surface area contributed by atoms with Crippen molar-refractivity contribution in [1.82, 2.24) is 10.3 Å². The first-order valence-corrected chi connectivity index (χ1v) is 12.9. The van der Waals surface area contributed by atoms with E-state index in [9.17, 15) is 23.6 Å². The second-order valence-corrected chi connectivity index (χ2v) is 10.4. The number of nitrogens with one attached hydrogen (secondary N) is 3. The summed E-state index contributed by atoms with van der Waals surface area (Å²) in [6, 6.07) is 17.1. The maximum Gasteiger partial charge on any atom is 0.308 e. The Bertz CT molecular complexity index is 1750. The number of benzene rings is 3. The van der Waals surface area contributed by atoms with Gasteiger partial charge in [0.1, 0.15) is 17.1 Å². The van der Waals surface area contributed by atoms with Gasteiger partial charge in [-0.2, -0.15) is 0 Å². The molecule has 0 unspecified atom stereocenters. The van der Waals surface area contributed by atoms with Crippen LogP contribution < -0.4 is 20.3 Å². The molecule has 3 aromatic carbocycles. The van der Waals surface area contributed by atoms with E-state index in [1.165, 1.54) is 49.4 Å². The average Bonchev–Trinajstić information content (AvgIpc) is 3.64. The van der Waals surface area contributed by atoms with Crippen LogP contribution in [0.4, 0.5) is 15.8 Å². The van der Waals surface area contributed by atoms with E-state index < -0.39 is 52.9 Å². The zero-order chi connectivity index (χ0) is 27.8. The molecule has 200 valence electrons. The first-order valence-electron chi connectivity index (χ1n) is 12.9. The summed E-state index contributed by atoms with van der Waals surface area (Å²) < 4.78 is 19.6. The van der Waals surface area contributed by atoms with Crippen LogP contribution in [-0.4, -0.2) is 34.7 Å². The number of anilines is 2. The van der Waals surface area contributed by atoms with Gasteiger partial charge in [-0.25, -0.2) is 9.29 Å². The van der Waals surface area contributed by atoms with Crippen molar-refractivity contribution in [3.8, 4) is 5.75 Å². The van der Waals surface area contributed by atoms with Gasteiger partial charge < -0.3 is 15.0 Å². The largest absolute Gasteiger partial charge is 0.427 e. The van der Waals surface area contributed by atoms with Crippen LogP contribution in [0.2, 0.25) is 0 Å². The van der Waals surface area contributed by atoms with Gasteiger partial charge in [-0.3, -0.25) is 24.5 Å². The minimum Gasteiger partial charge on any atom is -0.427 e. The van der Waals surface area contributed by atoms with Crippen LogP contribution in [0.25, 0.3) is 10.9 Å². The molecule has 4 atom stereocenters. The summed E-state index contributed by atoms with van der Waals surface area (Å²) in [5, 5.41) is 7.11. The molecule has 10 heteroatoms. The maximum atomic E-state index is 14.5. The Balaban J connectivity index is 1.34. The molecule has 3 aliphatic rings. The van der Waals surface area contributed by atoms with E-state index in [1.807, 2.05) is 30.5 Å². The summed E-state index contributed by atoms with van der Waals surface area (Å²) in [5.41, 5.74) is 1.22. The molecule has 0 aliphatic carbocycles. The highest BCUT2D eigenvalue weighted by atomic mass is 19.1. The molecule has 0 radical (unpaired) electrons. The van der Waals surface area contributed by atoms with Crippen molar-refractivity contribution in [3.63, 3.8) is 0 Å². The van der Waals surface area contributed by atoms with E-state index >= 15 is 0 Å². The Morgan fingerprint density at radius 3 is 2.58 bits per heavy atom. The Kier molecular flexibility index (Phi) is 5.20. The van der Waals surface area contributed by atoms with Gasteiger partial charge in [0, 0.05) is 41.3 Å². The van der Waals surface area contributed by atoms with E-state index in [0.717, 1.165) is 21.4 Å². The lowest BCUT2D eigenvalue weighted by molar-refractivity contribution is -0.132. The number of aromatic nitrogens is 1. The number of H-pyrrole nitrogens is 1. The Hall–Kier alpha value is -4.83. The number of nitrogens with zero attached hydrogens (tertiary/aromatic N) is 1. The summed E-state index contributed by atoms with van der Waals surface area (Å²) in [6.45, 7) is 1.27. The molecule has 3 aliphatic heterocycles. The molecule has 4 aromatic rings. The van der Waals surface area contributed by atoms with Gasteiger partial charge in [-0.15, -0.1) is 0 Å². The van der Waals surface area contributed by atoms with E-state index in [2.05, 4.69) is 15.6 Å². The van der Waals surface area contributed by atoms with Crippen molar-refractivity contribution < 1.29 is 28.3 Å². The van der Waals surface area contributed by atoms with Crippen LogP contribution in [0.15, 0.2) is 72.9 Å². The van der Waals surface area contributed by atoms with Gasteiger partial charge >= 0.3 is 5.97 Å². The number of aromatic amines is 1. The number of hydrogen-bond acceptors (Lipinski definition) is 6. The molecule has 0 saturated carbocycles. The highest BCUT2D eigenvalue weighted by molar-refractivity contribution is 6.25. The van der Waals surface area contributed by atoms with Gasteiger partial charge in [0.25, 0.3) is 0 Å². The highest BCUT2D eigenvalue weighted by Gasteiger charge is 2.70. The van der Waals surface area contributed by atoms with Crippen LogP contribution in [-0.2, 0) is 31.1 Å². The fourth-order valence-electron chi connectivity index (χ4n) is 6.57. The predicted molar refractivity (Wildman–Crippen MR) is 143 cm³/mol. The van der Waals surface area contributed by atoms with E-state index in [-0.39, 0.29) is 5.75 Å². The van der Waals surface area contributed by atoms with Gasteiger partial charge in [0.15, 0.2) is 0 Å². The van der Waals surface area contributed by atoms with Crippen LogP contribution in [0, 0.1) is 17.7 Å². The number of fused-ring (bicyclic) bond motifs is 5. The molecule has 0 bridgehead atoms. The van der Waals surface area contributed by atoms with Crippen molar-refractivity contribution in [3.05, 3.63) is 89.9 Å². The van der Waals surface area contributed by atoms with Crippen molar-refractivity contribution in [2.45, 2.75) is 24.9 Å². The normalized spacial score (nSPS) is 25.0. The highest BCUT2D eigenvalue weighted by Crippen LogP contribution is 2.54. The van der Waals surface area contributed by atoms with Crippen molar-refractivity contribution >= 4 is 46.0 Å². The monoisotopic (exact) mass is 538 g/mol. The molecule has 2 saturated heterocycles. The first-order chi connectivity index (χ1) is 19.3. The van der Waals surface area contributed by atoms with Crippen LogP contribution >= 0.6 is 0 Å². The minimum atomic E-state index is -1.63. The van der Waals surface area contributed by atoms with Gasteiger partial charge in [-0.1, -0.05) is 18.2 Å². The quantitative estimate of drug-likeness (QED) is 0.208. The fraction of sp³-hybridized carbons (Fsp3) is 0.200. The number of imide groups is 1. The molecule has 1 aromatic heterocycles. The number of amides is 3. The number of esters is 1. The van der Waals surface area contributed by atoms with Gasteiger partial charge in [0.05, 0.1) is 17.5 Å². The number of carbonyl (C=O) groups excluding carboxylic acids is 4. The van der Waals surface area contributed by atoms with Crippen LogP contribution in [0.1, 0.15) is 18.1 Å². The van der Waals surface area contributed by atoms with E-state index in [4.69, 9.17) is 4.74 Å². The number of carbonyl (C=O) groups is 4. The summed E-state index contributed by atoms with van der Waals surface area (Å²) in [4.78, 5) is 57.5. The molecular weight excluding hydrogens is 515 g/mol. The van der Waals surface area contributed by atoms with E-state index in [0.29, 0.717) is 23.4 Å². The lowest BCUT2D eigenvalue weighted by Gasteiger charge is -2.29. The Morgan fingerprint density at radius 2 is 1.80 bits per heavy atom. The fourth-order valence-corrected chi connectivity index (χ4v) is 6.57. The number of halogens is 1. The third kappa shape index (κ3) is 3.35. The van der Waals surface area contributed by atoms with Gasteiger partial charge in [-0.05, 0) is 60.5 Å². The van der Waals surface area contributed by atoms with Gasteiger partial charge in [0.2, 0.25) is 17.7 Å². The zero-order valence-corrected chi connectivity index (χ0v) is 21.2. The lowest BCUT2D eigenvalue weighted by atomic mass is 9.76. The topological polar surface area (TPSA) is 121 Å². The summed E-state index contributed by atoms with van der Waals surface area (Å²) in [5.74, 6) is -4.30. The second-order valence-electron chi connectivity index (χ2n) is 10.4. The number of rotatable bonds is 4. The molecule has 1 spiro atoms. The van der Waals surface area contributed by atoms with E-state index in [1.54, 1.807) is 0 Å². The summed E-state index contributed by atoms with van der Waals surface area (Å²) in [6.07, 6.45) is 2.21. The molecule has 40 heavy (non-hydrogen) atoms. The Morgan fingerprint density at radius 1 is 1.02 bits per heavy atom. The SMILES string of the molecule is CC(=O)Oc1ccc(N2C(=O)[C@@H]3[C@H](Cc4c[nH]c5ccccc45)N[C@]4(C(=O)Nc5ccc(F)cc54)[C@@H]3C2=O)cc1. The smallest absolute Gasteiger partial charge is 0.308 e. The third-order valence-corrected chi connectivity index (χ3v) is 8.15. The van der Waals surface area contributed by atoms with Crippen molar-refractivity contribution in [1.29, 1.82) is 0 Å². The number of ether oxygens (including phenoxy) is 1. The molecule has 4 heterocycles. The molecule has 3 amide bonds. The third-order valence-electron chi connectivity index (χ3n) is 8.15. The van der Waals surface area contributed by atoms with Crippen LogP contribution in [0.3, 0.4) is 0 Å². The first kappa shape index (κ1) is 24.2. The molecule has 9 nitrogen and oxygen atoms in total. The second kappa shape index (κ2) is 8.59. The minimum absolute atomic E-state index is 0.269. The standard InChI is InChI=1S/C30H23FN4O5/c1-15(36)40-19-9-7-18(8-10-19)35-27(37)25-24(12-16-14-32-22-5-3-2-4-20(16)22)34-30(26(25)28(35)38)21-13-17(31)6-11-23(21)33-29(30)39/h2-11,13-14,24-26,32,34H,12H2,1H3,(H,33,39)/t24-,25+,26-,30-/m0/s1. The molecule has 3 N–H and O–H groups in total. The summed E-state index contributed by atoms with van der Waals surface area (Å²) >= 11 is 0.